The topological polar surface area (TPSA) is 66.1 Å². The first-order valence-corrected chi connectivity index (χ1v) is 7.15. The minimum atomic E-state index is -3.63. The summed E-state index contributed by atoms with van der Waals surface area (Å²) in [6.07, 6.45) is 2.61. The molecule has 18 heavy (non-hydrogen) atoms. The van der Waals surface area contributed by atoms with E-state index in [1.54, 1.807) is 31.2 Å². The van der Waals surface area contributed by atoms with Gasteiger partial charge in [-0.2, -0.15) is 5.10 Å². The molecule has 0 aliphatic rings. The highest BCUT2D eigenvalue weighted by molar-refractivity contribution is 7.92. The van der Waals surface area contributed by atoms with Gasteiger partial charge in [0.15, 0.2) is 0 Å². The number of aromatic nitrogens is 2. The number of benzene rings is 1. The van der Waals surface area contributed by atoms with Crippen LogP contribution in [0.25, 0.3) is 0 Å². The molecule has 0 radical (unpaired) electrons. The summed E-state index contributed by atoms with van der Waals surface area (Å²) in [7, 11) is -3.63. The predicted molar refractivity (Wildman–Crippen MR) is 70.2 cm³/mol. The zero-order chi connectivity index (χ0) is 13.2. The highest BCUT2D eigenvalue weighted by atomic mass is 35.5. The van der Waals surface area contributed by atoms with Crippen LogP contribution in [0.4, 0.5) is 5.69 Å². The molecule has 5 nitrogen and oxygen atoms in total. The van der Waals surface area contributed by atoms with E-state index in [0.29, 0.717) is 10.7 Å². The molecule has 96 valence electrons. The molecule has 0 unspecified atom stereocenters. The van der Waals surface area contributed by atoms with Crippen molar-refractivity contribution in [3.63, 3.8) is 0 Å². The number of hydrogen-bond acceptors (Lipinski definition) is 3. The first kappa shape index (κ1) is 12.9. The van der Waals surface area contributed by atoms with Crippen LogP contribution in [0, 0.1) is 0 Å². The lowest BCUT2D eigenvalue weighted by molar-refractivity contribution is 0.592. The number of rotatable bonds is 4. The van der Waals surface area contributed by atoms with Crippen LogP contribution in [0.2, 0.25) is 5.02 Å². The van der Waals surface area contributed by atoms with Crippen molar-refractivity contribution in [1.29, 1.82) is 0 Å². The van der Waals surface area contributed by atoms with E-state index in [0.717, 1.165) is 0 Å². The molecule has 2 aromatic rings. The Hall–Kier alpha value is -1.53. The van der Waals surface area contributed by atoms with E-state index in [1.165, 1.54) is 16.7 Å². The monoisotopic (exact) mass is 285 g/mol. The molecule has 0 amide bonds. The van der Waals surface area contributed by atoms with Crippen LogP contribution >= 0.6 is 11.6 Å². The second-order valence-corrected chi connectivity index (χ2v) is 5.82. The summed E-state index contributed by atoms with van der Waals surface area (Å²) in [4.78, 5) is 0.115. The summed E-state index contributed by atoms with van der Waals surface area (Å²) >= 11 is 6.04. The van der Waals surface area contributed by atoms with Crippen LogP contribution in [0.1, 0.15) is 6.92 Å². The molecule has 0 aliphatic carbocycles. The van der Waals surface area contributed by atoms with Crippen molar-refractivity contribution in [1.82, 2.24) is 10.2 Å². The van der Waals surface area contributed by atoms with E-state index in [1.807, 2.05) is 0 Å². The zero-order valence-electron chi connectivity index (χ0n) is 9.67. The van der Waals surface area contributed by atoms with Crippen molar-refractivity contribution < 1.29 is 8.42 Å². The molecule has 1 heterocycles. The second-order valence-electron chi connectivity index (χ2n) is 3.56. The number of halogens is 1. The Morgan fingerprint density at radius 1 is 1.39 bits per heavy atom. The fourth-order valence-corrected chi connectivity index (χ4v) is 3.32. The Balaban J connectivity index is 2.51. The number of anilines is 1. The third kappa shape index (κ3) is 2.21. The lowest BCUT2D eigenvalue weighted by atomic mass is 10.3. The predicted octanol–water partition coefficient (Wildman–Crippen LogP) is 2.28. The molecule has 2 rings (SSSR count). The first-order valence-electron chi connectivity index (χ1n) is 5.33. The van der Waals surface area contributed by atoms with E-state index in [9.17, 15) is 8.42 Å². The molecule has 0 atom stereocenters. The molecule has 0 fully saturated rings. The third-order valence-electron chi connectivity index (χ3n) is 2.47. The SMILES string of the molecule is CCN(c1ccccc1Cl)S(=O)(=O)c1cn[nH]c1. The number of H-pyrrole nitrogens is 1. The van der Waals surface area contributed by atoms with Gasteiger partial charge in [-0.3, -0.25) is 9.40 Å². The Morgan fingerprint density at radius 3 is 2.67 bits per heavy atom. The summed E-state index contributed by atoms with van der Waals surface area (Å²) in [6.45, 7) is 2.04. The minimum Gasteiger partial charge on any atom is -0.284 e. The lowest BCUT2D eigenvalue weighted by Gasteiger charge is -2.22. The van der Waals surface area contributed by atoms with Crippen LogP contribution in [-0.2, 0) is 10.0 Å². The molecular weight excluding hydrogens is 274 g/mol. The van der Waals surface area contributed by atoms with Gasteiger partial charge in [0.1, 0.15) is 4.90 Å². The zero-order valence-corrected chi connectivity index (χ0v) is 11.2. The van der Waals surface area contributed by atoms with Crippen LogP contribution in [0.15, 0.2) is 41.6 Å². The fraction of sp³-hybridized carbons (Fsp3) is 0.182. The normalized spacial score (nSPS) is 11.4. The van der Waals surface area contributed by atoms with Crippen molar-refractivity contribution in [3.8, 4) is 0 Å². The van der Waals surface area contributed by atoms with Crippen molar-refractivity contribution in [2.24, 2.45) is 0 Å². The van der Waals surface area contributed by atoms with Gasteiger partial charge in [0.05, 0.1) is 16.9 Å². The second kappa shape index (κ2) is 4.99. The van der Waals surface area contributed by atoms with Gasteiger partial charge in [-0.1, -0.05) is 23.7 Å². The van der Waals surface area contributed by atoms with E-state index in [2.05, 4.69) is 10.2 Å². The number of hydrogen-bond donors (Lipinski definition) is 1. The molecular formula is C11H12ClN3O2S. The lowest BCUT2D eigenvalue weighted by Crippen LogP contribution is -2.30. The number of sulfonamides is 1. The molecule has 1 aromatic heterocycles. The first-order chi connectivity index (χ1) is 8.57. The summed E-state index contributed by atoms with van der Waals surface area (Å²) in [5.41, 5.74) is 0.461. The van der Waals surface area contributed by atoms with Crippen LogP contribution < -0.4 is 4.31 Å². The van der Waals surface area contributed by atoms with Gasteiger partial charge in [0.2, 0.25) is 0 Å². The molecule has 0 spiro atoms. The molecule has 0 aliphatic heterocycles. The minimum absolute atomic E-state index is 0.115. The van der Waals surface area contributed by atoms with Gasteiger partial charge in [0, 0.05) is 12.7 Å². The summed E-state index contributed by atoms with van der Waals surface area (Å²) in [6, 6.07) is 6.83. The average Bonchev–Trinajstić information content (AvgIpc) is 2.86. The average molecular weight is 286 g/mol. The molecule has 7 heteroatoms. The van der Waals surface area contributed by atoms with Gasteiger partial charge in [-0.25, -0.2) is 8.42 Å². The van der Waals surface area contributed by atoms with E-state index < -0.39 is 10.0 Å². The highest BCUT2D eigenvalue weighted by Crippen LogP contribution is 2.29. The van der Waals surface area contributed by atoms with E-state index in [-0.39, 0.29) is 11.4 Å². The maximum Gasteiger partial charge on any atom is 0.267 e. The van der Waals surface area contributed by atoms with Crippen LogP contribution in [-0.4, -0.2) is 25.2 Å². The summed E-state index contributed by atoms with van der Waals surface area (Å²) in [5.74, 6) is 0. The standard InChI is InChI=1S/C11H12ClN3O2S/c1-2-15(11-6-4-3-5-10(11)12)18(16,17)9-7-13-14-8-9/h3-8H,2H2,1H3,(H,13,14). The quantitative estimate of drug-likeness (QED) is 0.937. The largest absolute Gasteiger partial charge is 0.284 e. The Bertz CT molecular complexity index is 625. The fourth-order valence-electron chi connectivity index (χ4n) is 1.63. The Labute approximate surface area is 110 Å². The van der Waals surface area contributed by atoms with Crippen LogP contribution in [0.3, 0.4) is 0 Å². The summed E-state index contributed by atoms with van der Waals surface area (Å²) < 4.78 is 26.0. The van der Waals surface area contributed by atoms with Gasteiger partial charge >= 0.3 is 0 Å². The van der Waals surface area contributed by atoms with E-state index in [4.69, 9.17) is 11.6 Å². The van der Waals surface area contributed by atoms with Crippen molar-refractivity contribution in [3.05, 3.63) is 41.7 Å². The van der Waals surface area contributed by atoms with Crippen molar-refractivity contribution >= 4 is 27.3 Å². The molecule has 1 aromatic carbocycles. The maximum absolute atomic E-state index is 12.4. The molecule has 0 bridgehead atoms. The number of nitrogens with zero attached hydrogens (tertiary/aromatic N) is 2. The van der Waals surface area contributed by atoms with Gasteiger partial charge in [0.25, 0.3) is 10.0 Å². The number of para-hydroxylation sites is 1. The molecule has 1 N–H and O–H groups in total. The van der Waals surface area contributed by atoms with Gasteiger partial charge < -0.3 is 0 Å². The summed E-state index contributed by atoms with van der Waals surface area (Å²) in [5, 5.41) is 6.54. The smallest absolute Gasteiger partial charge is 0.267 e. The van der Waals surface area contributed by atoms with Crippen LogP contribution in [0.5, 0.6) is 0 Å². The molecule has 0 saturated heterocycles. The highest BCUT2D eigenvalue weighted by Gasteiger charge is 2.25. The molecule has 0 saturated carbocycles. The maximum atomic E-state index is 12.4. The van der Waals surface area contributed by atoms with Gasteiger partial charge in [-0.05, 0) is 19.1 Å². The third-order valence-corrected chi connectivity index (χ3v) is 4.64. The Morgan fingerprint density at radius 2 is 2.11 bits per heavy atom. The van der Waals surface area contributed by atoms with E-state index >= 15 is 0 Å². The van der Waals surface area contributed by atoms with Crippen molar-refractivity contribution in [2.75, 3.05) is 10.8 Å². The van der Waals surface area contributed by atoms with Crippen molar-refractivity contribution in [2.45, 2.75) is 11.8 Å². The number of aromatic amines is 1. The number of nitrogens with one attached hydrogen (secondary N) is 1. The van der Waals surface area contributed by atoms with Gasteiger partial charge in [-0.15, -0.1) is 0 Å². The Kier molecular flexibility index (Phi) is 3.58.